The Hall–Kier alpha value is -2.89. The Morgan fingerprint density at radius 1 is 1.00 bits per heavy atom. The fourth-order valence-corrected chi connectivity index (χ4v) is 1.84. The Morgan fingerprint density at radius 2 is 1.64 bits per heavy atom. The van der Waals surface area contributed by atoms with Crippen LogP contribution in [0.2, 0.25) is 0 Å². The highest BCUT2D eigenvalue weighted by Gasteiger charge is 2.17. The van der Waals surface area contributed by atoms with Crippen LogP contribution in [0.15, 0.2) is 42.5 Å². The maximum Gasteiger partial charge on any atom is 0.314 e. The summed E-state index contributed by atoms with van der Waals surface area (Å²) in [6.45, 7) is 1.84. The molecule has 0 aliphatic carbocycles. The maximum atomic E-state index is 13.4. The molecule has 2 aromatic carbocycles. The normalized spacial score (nSPS) is 9.95. The van der Waals surface area contributed by atoms with E-state index in [1.54, 1.807) is 18.2 Å². The van der Waals surface area contributed by atoms with Crippen LogP contribution in [0, 0.1) is 12.7 Å². The molecule has 2 aromatic rings. The molecule has 0 bridgehead atoms. The molecule has 0 aromatic heterocycles. The van der Waals surface area contributed by atoms with Gasteiger partial charge in [-0.3, -0.25) is 9.59 Å². The lowest BCUT2D eigenvalue weighted by atomic mass is 10.2. The van der Waals surface area contributed by atoms with Crippen LogP contribution in [0.5, 0.6) is 5.75 Å². The molecule has 0 saturated heterocycles. The number of amides is 2. The third kappa shape index (κ3) is 3.60. The van der Waals surface area contributed by atoms with Crippen molar-refractivity contribution in [3.05, 3.63) is 53.8 Å². The number of rotatable bonds is 3. The highest BCUT2D eigenvalue weighted by atomic mass is 19.1. The third-order valence-corrected chi connectivity index (χ3v) is 2.93. The first-order valence-electron chi connectivity index (χ1n) is 6.52. The van der Waals surface area contributed by atoms with E-state index in [4.69, 9.17) is 4.74 Å². The lowest BCUT2D eigenvalue weighted by Crippen LogP contribution is -2.29. The molecule has 0 aliphatic heterocycles. The summed E-state index contributed by atoms with van der Waals surface area (Å²) < 4.78 is 18.6. The average molecular weight is 302 g/mol. The van der Waals surface area contributed by atoms with E-state index < -0.39 is 17.6 Å². The second-order valence-corrected chi connectivity index (χ2v) is 4.59. The molecular formula is C16H15FN2O3. The Morgan fingerprint density at radius 3 is 2.27 bits per heavy atom. The number of para-hydroxylation sites is 1. The van der Waals surface area contributed by atoms with Crippen LogP contribution < -0.4 is 15.4 Å². The number of nitrogens with one attached hydrogen (secondary N) is 2. The van der Waals surface area contributed by atoms with Crippen molar-refractivity contribution in [1.82, 2.24) is 0 Å². The highest BCUT2D eigenvalue weighted by Crippen LogP contribution is 2.25. The second-order valence-electron chi connectivity index (χ2n) is 4.59. The van der Waals surface area contributed by atoms with Crippen LogP contribution in [0.3, 0.4) is 0 Å². The van der Waals surface area contributed by atoms with Crippen molar-refractivity contribution in [3.8, 4) is 5.75 Å². The molecule has 2 N–H and O–H groups in total. The number of benzene rings is 2. The van der Waals surface area contributed by atoms with E-state index in [2.05, 4.69) is 10.6 Å². The number of halogens is 1. The summed E-state index contributed by atoms with van der Waals surface area (Å²) in [5.41, 5.74) is 1.21. The summed E-state index contributed by atoms with van der Waals surface area (Å²) in [4.78, 5) is 23.7. The van der Waals surface area contributed by atoms with Gasteiger partial charge >= 0.3 is 11.8 Å². The molecule has 0 atom stereocenters. The van der Waals surface area contributed by atoms with Crippen LogP contribution in [-0.2, 0) is 9.59 Å². The minimum absolute atomic E-state index is 0.0566. The third-order valence-electron chi connectivity index (χ3n) is 2.93. The van der Waals surface area contributed by atoms with E-state index >= 15 is 0 Å². The fraction of sp³-hybridized carbons (Fsp3) is 0.125. The standard InChI is InChI=1S/C16H15FN2O3/c1-10-7-8-14(22-2)13(9-10)19-16(21)15(20)18-12-6-4-3-5-11(12)17/h3-9H,1-2H3,(H,18,20)(H,19,21). The summed E-state index contributed by atoms with van der Waals surface area (Å²) in [6.07, 6.45) is 0. The maximum absolute atomic E-state index is 13.4. The summed E-state index contributed by atoms with van der Waals surface area (Å²) >= 11 is 0. The molecule has 5 nitrogen and oxygen atoms in total. The van der Waals surface area contributed by atoms with E-state index in [1.165, 1.54) is 25.3 Å². The molecule has 0 radical (unpaired) electrons. The van der Waals surface area contributed by atoms with Crippen LogP contribution in [-0.4, -0.2) is 18.9 Å². The van der Waals surface area contributed by atoms with Gasteiger partial charge in [0.1, 0.15) is 11.6 Å². The Labute approximate surface area is 127 Å². The Bertz CT molecular complexity index is 716. The number of aryl methyl sites for hydroxylation is 1. The number of ether oxygens (including phenoxy) is 1. The summed E-state index contributed by atoms with van der Waals surface area (Å²) in [5.74, 6) is -2.06. The summed E-state index contributed by atoms with van der Waals surface area (Å²) in [5, 5.41) is 4.66. The van der Waals surface area contributed by atoms with Crippen LogP contribution in [0.4, 0.5) is 15.8 Å². The smallest absolute Gasteiger partial charge is 0.314 e. The molecule has 6 heteroatoms. The number of hydrogen-bond donors (Lipinski definition) is 2. The first-order chi connectivity index (χ1) is 10.5. The van der Waals surface area contributed by atoms with Gasteiger partial charge in [0.2, 0.25) is 0 Å². The fourth-order valence-electron chi connectivity index (χ4n) is 1.84. The van der Waals surface area contributed by atoms with E-state index in [9.17, 15) is 14.0 Å². The molecule has 0 aliphatic rings. The molecule has 2 amide bonds. The van der Waals surface area contributed by atoms with E-state index in [1.807, 2.05) is 13.0 Å². The van der Waals surface area contributed by atoms with Crippen LogP contribution >= 0.6 is 0 Å². The van der Waals surface area contributed by atoms with Crippen molar-refractivity contribution >= 4 is 23.2 Å². The van der Waals surface area contributed by atoms with Gasteiger partial charge in [-0.25, -0.2) is 4.39 Å². The molecule has 0 heterocycles. The monoisotopic (exact) mass is 302 g/mol. The highest BCUT2D eigenvalue weighted by molar-refractivity contribution is 6.43. The summed E-state index contributed by atoms with van der Waals surface area (Å²) in [7, 11) is 1.46. The molecule has 0 spiro atoms. The Kier molecular flexibility index (Phi) is 4.73. The minimum Gasteiger partial charge on any atom is -0.495 e. The number of hydrogen-bond acceptors (Lipinski definition) is 3. The molecule has 114 valence electrons. The van der Waals surface area contributed by atoms with Gasteiger partial charge in [0, 0.05) is 0 Å². The zero-order valence-electron chi connectivity index (χ0n) is 12.1. The van der Waals surface area contributed by atoms with Crippen molar-refractivity contribution < 1.29 is 18.7 Å². The predicted molar refractivity (Wildman–Crippen MR) is 81.4 cm³/mol. The zero-order chi connectivity index (χ0) is 16.1. The van der Waals surface area contributed by atoms with Crippen molar-refractivity contribution in [1.29, 1.82) is 0 Å². The van der Waals surface area contributed by atoms with Crippen molar-refractivity contribution in [2.24, 2.45) is 0 Å². The van der Waals surface area contributed by atoms with Gasteiger partial charge in [0.25, 0.3) is 0 Å². The molecule has 2 rings (SSSR count). The van der Waals surface area contributed by atoms with E-state index in [-0.39, 0.29) is 5.69 Å². The molecular weight excluding hydrogens is 287 g/mol. The number of methoxy groups -OCH3 is 1. The second kappa shape index (κ2) is 6.71. The van der Waals surface area contributed by atoms with Gasteiger partial charge in [0.05, 0.1) is 18.5 Å². The van der Waals surface area contributed by atoms with Gasteiger partial charge in [-0.05, 0) is 36.8 Å². The van der Waals surface area contributed by atoms with Crippen molar-refractivity contribution in [2.75, 3.05) is 17.7 Å². The van der Waals surface area contributed by atoms with Gasteiger partial charge < -0.3 is 15.4 Å². The first-order valence-corrected chi connectivity index (χ1v) is 6.52. The van der Waals surface area contributed by atoms with E-state index in [0.29, 0.717) is 11.4 Å². The number of carbonyl (C=O) groups is 2. The van der Waals surface area contributed by atoms with E-state index in [0.717, 1.165) is 5.56 Å². The van der Waals surface area contributed by atoms with Crippen molar-refractivity contribution in [2.45, 2.75) is 6.92 Å². The molecule has 22 heavy (non-hydrogen) atoms. The molecule has 0 unspecified atom stereocenters. The quantitative estimate of drug-likeness (QED) is 0.857. The average Bonchev–Trinajstić information content (AvgIpc) is 2.49. The Balaban J connectivity index is 2.11. The lowest BCUT2D eigenvalue weighted by Gasteiger charge is -2.11. The van der Waals surface area contributed by atoms with Gasteiger partial charge in [-0.2, -0.15) is 0 Å². The van der Waals surface area contributed by atoms with Gasteiger partial charge in [-0.15, -0.1) is 0 Å². The van der Waals surface area contributed by atoms with Crippen LogP contribution in [0.25, 0.3) is 0 Å². The predicted octanol–water partition coefficient (Wildman–Crippen LogP) is 2.72. The minimum atomic E-state index is -0.964. The number of anilines is 2. The number of carbonyl (C=O) groups excluding carboxylic acids is 2. The SMILES string of the molecule is COc1ccc(C)cc1NC(=O)C(=O)Nc1ccccc1F. The topological polar surface area (TPSA) is 67.4 Å². The van der Waals surface area contributed by atoms with Crippen LogP contribution in [0.1, 0.15) is 5.56 Å². The van der Waals surface area contributed by atoms with Crippen molar-refractivity contribution in [3.63, 3.8) is 0 Å². The summed E-state index contributed by atoms with van der Waals surface area (Å²) in [6, 6.07) is 10.8. The van der Waals surface area contributed by atoms with Gasteiger partial charge in [0.15, 0.2) is 0 Å². The first kappa shape index (κ1) is 15.5. The van der Waals surface area contributed by atoms with Gasteiger partial charge in [-0.1, -0.05) is 18.2 Å². The zero-order valence-corrected chi connectivity index (χ0v) is 12.1. The molecule has 0 saturated carbocycles. The largest absolute Gasteiger partial charge is 0.495 e. The lowest BCUT2D eigenvalue weighted by molar-refractivity contribution is -0.133. The molecule has 0 fully saturated rings.